The minimum atomic E-state index is -0.604. The van der Waals surface area contributed by atoms with Crippen LogP contribution >= 0.6 is 11.6 Å². The highest BCUT2D eigenvalue weighted by Gasteiger charge is 2.19. The molecular formula is C11H8ClN3O2. The lowest BCUT2D eigenvalue weighted by molar-refractivity contribution is -0.388. The van der Waals surface area contributed by atoms with Crippen molar-refractivity contribution in [2.45, 2.75) is 0 Å². The van der Waals surface area contributed by atoms with Gasteiger partial charge in [0.2, 0.25) is 0 Å². The van der Waals surface area contributed by atoms with E-state index in [1.165, 1.54) is 11.6 Å². The van der Waals surface area contributed by atoms with Crippen LogP contribution in [-0.2, 0) is 0 Å². The fourth-order valence-corrected chi connectivity index (χ4v) is 1.75. The van der Waals surface area contributed by atoms with Crippen LogP contribution in [0.15, 0.2) is 29.8 Å². The van der Waals surface area contributed by atoms with Crippen molar-refractivity contribution >= 4 is 40.1 Å². The van der Waals surface area contributed by atoms with Crippen molar-refractivity contribution in [1.82, 2.24) is 4.98 Å². The summed E-state index contributed by atoms with van der Waals surface area (Å²) in [7, 11) is 0. The number of hydrogen-bond donors (Lipinski definition) is 1. The minimum Gasteiger partial charge on any atom is -0.391 e. The topological polar surface area (TPSA) is 82.0 Å². The molecular weight excluding hydrogens is 242 g/mol. The zero-order chi connectivity index (χ0) is 12.4. The molecule has 2 N–H and O–H groups in total. The summed E-state index contributed by atoms with van der Waals surface area (Å²) in [5.74, 6) is -0.353. The number of halogens is 1. The Kier molecular flexibility index (Phi) is 2.93. The lowest BCUT2D eigenvalue weighted by Gasteiger charge is -2.04. The van der Waals surface area contributed by atoms with Crippen LogP contribution in [0.3, 0.4) is 0 Å². The lowest BCUT2D eigenvalue weighted by atomic mass is 10.1. The first-order chi connectivity index (χ1) is 8.15. The summed E-state index contributed by atoms with van der Waals surface area (Å²) in [6.45, 7) is 0. The molecule has 0 aliphatic heterocycles. The predicted molar refractivity (Wildman–Crippen MR) is 67.7 cm³/mol. The second kappa shape index (κ2) is 4.39. The second-order valence-corrected chi connectivity index (χ2v) is 3.58. The molecule has 17 heavy (non-hydrogen) atoms. The highest BCUT2D eigenvalue weighted by atomic mass is 35.5. The van der Waals surface area contributed by atoms with Crippen molar-refractivity contribution in [2.75, 3.05) is 5.73 Å². The molecule has 0 saturated carbocycles. The van der Waals surface area contributed by atoms with Crippen molar-refractivity contribution in [1.29, 1.82) is 0 Å². The second-order valence-electron chi connectivity index (χ2n) is 3.33. The first kappa shape index (κ1) is 11.3. The molecule has 0 saturated heterocycles. The number of pyridine rings is 1. The van der Waals surface area contributed by atoms with Crippen LogP contribution in [0, 0.1) is 10.1 Å². The quantitative estimate of drug-likeness (QED) is 0.655. The van der Waals surface area contributed by atoms with Gasteiger partial charge in [0.05, 0.1) is 0 Å². The Labute approximate surface area is 102 Å². The van der Waals surface area contributed by atoms with Crippen LogP contribution in [0.4, 0.5) is 11.5 Å². The van der Waals surface area contributed by atoms with Crippen molar-refractivity contribution in [2.24, 2.45) is 0 Å². The van der Waals surface area contributed by atoms with Gasteiger partial charge in [-0.1, -0.05) is 23.7 Å². The zero-order valence-corrected chi connectivity index (χ0v) is 9.39. The Bertz CT molecular complexity index is 625. The fourth-order valence-electron chi connectivity index (χ4n) is 1.62. The van der Waals surface area contributed by atoms with E-state index in [2.05, 4.69) is 4.98 Å². The summed E-state index contributed by atoms with van der Waals surface area (Å²) in [5, 5.41) is 11.6. The maximum atomic E-state index is 10.8. The number of aromatic nitrogens is 1. The molecule has 2 rings (SSSR count). The van der Waals surface area contributed by atoms with Crippen molar-refractivity contribution < 1.29 is 4.92 Å². The molecule has 0 aliphatic carbocycles. The lowest BCUT2D eigenvalue weighted by Crippen LogP contribution is -2.01. The van der Waals surface area contributed by atoms with E-state index < -0.39 is 4.92 Å². The summed E-state index contributed by atoms with van der Waals surface area (Å²) in [4.78, 5) is 14.1. The third-order valence-corrected chi connectivity index (χ3v) is 2.48. The Morgan fingerprint density at radius 2 is 2.12 bits per heavy atom. The number of nitrogens with two attached hydrogens (primary N) is 1. The fraction of sp³-hybridized carbons (Fsp3) is 0. The van der Waals surface area contributed by atoms with E-state index in [0.717, 1.165) is 5.39 Å². The van der Waals surface area contributed by atoms with E-state index in [1.54, 1.807) is 24.3 Å². The molecule has 0 aliphatic rings. The van der Waals surface area contributed by atoms with Crippen molar-refractivity contribution in [3.63, 3.8) is 0 Å². The molecule has 0 bridgehead atoms. The SMILES string of the molecule is Nc1c([N+](=O)[O-])nc2ccccc2c1C=CCl. The third kappa shape index (κ3) is 1.92. The monoisotopic (exact) mass is 249 g/mol. The van der Waals surface area contributed by atoms with E-state index in [1.807, 2.05) is 0 Å². The summed E-state index contributed by atoms with van der Waals surface area (Å²) in [6.07, 6.45) is 1.52. The number of anilines is 1. The number of fused-ring (bicyclic) bond motifs is 1. The molecule has 0 fully saturated rings. The van der Waals surface area contributed by atoms with Gasteiger partial charge in [-0.25, -0.2) is 0 Å². The highest BCUT2D eigenvalue weighted by molar-refractivity contribution is 6.27. The van der Waals surface area contributed by atoms with E-state index in [0.29, 0.717) is 11.1 Å². The molecule has 0 unspecified atom stereocenters. The zero-order valence-electron chi connectivity index (χ0n) is 8.63. The van der Waals surface area contributed by atoms with Crippen LogP contribution in [0.1, 0.15) is 5.56 Å². The number of benzene rings is 1. The summed E-state index contributed by atoms with van der Waals surface area (Å²) in [5.41, 5.74) is 8.03. The molecule has 1 aromatic carbocycles. The number of nitrogen functional groups attached to an aromatic ring is 1. The number of nitrogens with zero attached hydrogens (tertiary/aromatic N) is 2. The van der Waals surface area contributed by atoms with Crippen LogP contribution < -0.4 is 5.73 Å². The average Bonchev–Trinajstić information content (AvgIpc) is 2.32. The number of rotatable bonds is 2. The Hall–Kier alpha value is -2.14. The molecule has 0 atom stereocenters. The largest absolute Gasteiger partial charge is 0.391 e. The van der Waals surface area contributed by atoms with Crippen molar-refractivity contribution in [3.8, 4) is 0 Å². The first-order valence-electron chi connectivity index (χ1n) is 4.74. The van der Waals surface area contributed by atoms with Gasteiger partial charge in [0.1, 0.15) is 5.69 Å². The minimum absolute atomic E-state index is 0.0191. The van der Waals surface area contributed by atoms with E-state index >= 15 is 0 Å². The molecule has 2 aromatic rings. The molecule has 0 spiro atoms. The van der Waals surface area contributed by atoms with Gasteiger partial charge in [-0.3, -0.25) is 0 Å². The molecule has 1 heterocycles. The van der Waals surface area contributed by atoms with Gasteiger partial charge >= 0.3 is 5.82 Å². The number of para-hydroxylation sites is 1. The summed E-state index contributed by atoms with van der Waals surface area (Å²) < 4.78 is 0. The Morgan fingerprint density at radius 3 is 2.76 bits per heavy atom. The van der Waals surface area contributed by atoms with Gasteiger partial charge in [0.15, 0.2) is 5.52 Å². The Balaban J connectivity index is 2.90. The van der Waals surface area contributed by atoms with Gasteiger partial charge in [-0.05, 0) is 28.1 Å². The van der Waals surface area contributed by atoms with Crippen LogP contribution in [0.5, 0.6) is 0 Å². The van der Waals surface area contributed by atoms with Gasteiger partial charge in [-0.2, -0.15) is 0 Å². The van der Waals surface area contributed by atoms with E-state index in [9.17, 15) is 10.1 Å². The number of nitro groups is 1. The third-order valence-electron chi connectivity index (χ3n) is 2.35. The maximum absolute atomic E-state index is 10.8. The standard InChI is InChI=1S/C11H8ClN3O2/c12-6-5-8-7-3-1-2-4-9(7)14-11(10(8)13)15(16)17/h1-6H,13H2. The molecule has 0 amide bonds. The smallest absolute Gasteiger partial charge is 0.388 e. The van der Waals surface area contributed by atoms with Crippen LogP contribution in [0.2, 0.25) is 0 Å². The highest BCUT2D eigenvalue weighted by Crippen LogP contribution is 2.31. The van der Waals surface area contributed by atoms with E-state index in [-0.39, 0.29) is 11.5 Å². The first-order valence-corrected chi connectivity index (χ1v) is 5.18. The van der Waals surface area contributed by atoms with Gasteiger partial charge in [-0.15, -0.1) is 0 Å². The normalized spacial score (nSPS) is 11.1. The van der Waals surface area contributed by atoms with Gasteiger partial charge in [0.25, 0.3) is 0 Å². The molecule has 5 nitrogen and oxygen atoms in total. The van der Waals surface area contributed by atoms with Gasteiger partial charge in [0, 0.05) is 16.5 Å². The van der Waals surface area contributed by atoms with Crippen LogP contribution in [0.25, 0.3) is 17.0 Å². The molecule has 6 heteroatoms. The van der Waals surface area contributed by atoms with Crippen LogP contribution in [-0.4, -0.2) is 9.91 Å². The summed E-state index contributed by atoms with van der Waals surface area (Å²) in [6, 6.07) is 7.03. The summed E-state index contributed by atoms with van der Waals surface area (Å²) >= 11 is 5.51. The Morgan fingerprint density at radius 1 is 1.41 bits per heavy atom. The molecule has 1 aromatic heterocycles. The van der Waals surface area contributed by atoms with Crippen molar-refractivity contribution in [3.05, 3.63) is 45.5 Å². The predicted octanol–water partition coefficient (Wildman–Crippen LogP) is 2.93. The maximum Gasteiger partial charge on any atom is 0.388 e. The molecule has 86 valence electrons. The van der Waals surface area contributed by atoms with E-state index in [4.69, 9.17) is 17.3 Å². The molecule has 0 radical (unpaired) electrons. The van der Waals surface area contributed by atoms with Gasteiger partial charge < -0.3 is 15.8 Å². The number of hydrogen-bond acceptors (Lipinski definition) is 4. The average molecular weight is 250 g/mol.